The first kappa shape index (κ1) is 18.5. The zero-order valence-corrected chi connectivity index (χ0v) is 16.6. The van der Waals surface area contributed by atoms with Gasteiger partial charge in [0.15, 0.2) is 5.11 Å². The molecule has 3 rings (SSSR count). The van der Waals surface area contributed by atoms with Crippen LogP contribution in [-0.4, -0.2) is 16.3 Å². The number of furan rings is 1. The molecule has 0 bridgehead atoms. The Hall–Kier alpha value is -2.24. The summed E-state index contributed by atoms with van der Waals surface area (Å²) in [5.41, 5.74) is 3.46. The van der Waals surface area contributed by atoms with Gasteiger partial charge in [-0.25, -0.2) is 0 Å². The molecule has 0 amide bonds. The fraction of sp³-hybridized carbons (Fsp3) is 0.190. The number of nitrogens with one attached hydrogen (secondary N) is 1. The second-order valence-corrected chi connectivity index (χ2v) is 7.35. The van der Waals surface area contributed by atoms with Gasteiger partial charge < -0.3 is 14.6 Å². The van der Waals surface area contributed by atoms with Gasteiger partial charge in [-0.2, -0.15) is 0 Å². The number of benzene rings is 2. The third kappa shape index (κ3) is 5.13. The fourth-order valence-electron chi connectivity index (χ4n) is 2.61. The number of hydrogen-bond acceptors (Lipinski definition) is 3. The Morgan fingerprint density at radius 1 is 1.08 bits per heavy atom. The number of nitrogens with zero attached hydrogens (tertiary/aromatic N) is 1. The lowest BCUT2D eigenvalue weighted by molar-refractivity contribution is 0.360. The lowest BCUT2D eigenvalue weighted by Gasteiger charge is -2.25. The van der Waals surface area contributed by atoms with Crippen LogP contribution in [0, 0.1) is 6.92 Å². The van der Waals surface area contributed by atoms with Crippen LogP contribution in [0.2, 0.25) is 0 Å². The molecule has 2 aromatic carbocycles. The van der Waals surface area contributed by atoms with Crippen molar-refractivity contribution in [2.75, 3.05) is 11.6 Å². The number of thioether (sulfide) groups is 1. The van der Waals surface area contributed by atoms with Gasteiger partial charge in [-0.15, -0.1) is 11.8 Å². The van der Waals surface area contributed by atoms with Gasteiger partial charge in [-0.1, -0.05) is 35.9 Å². The largest absolute Gasteiger partial charge is 0.467 e. The molecule has 0 aliphatic heterocycles. The summed E-state index contributed by atoms with van der Waals surface area (Å²) in [6.07, 6.45) is 3.76. The number of rotatable bonds is 6. The number of anilines is 1. The summed E-state index contributed by atoms with van der Waals surface area (Å²) in [6.45, 7) is 3.43. The molecular weight excluding hydrogens is 360 g/mol. The average Bonchev–Trinajstić information content (AvgIpc) is 3.16. The summed E-state index contributed by atoms with van der Waals surface area (Å²) in [4.78, 5) is 3.32. The Kier molecular flexibility index (Phi) is 6.36. The zero-order valence-electron chi connectivity index (χ0n) is 14.9. The van der Waals surface area contributed by atoms with Crippen molar-refractivity contribution in [2.24, 2.45) is 0 Å². The average molecular weight is 383 g/mol. The van der Waals surface area contributed by atoms with Gasteiger partial charge in [-0.05, 0) is 61.3 Å². The van der Waals surface area contributed by atoms with E-state index in [0.717, 1.165) is 18.0 Å². The molecule has 0 fully saturated rings. The summed E-state index contributed by atoms with van der Waals surface area (Å²) < 4.78 is 5.53. The van der Waals surface area contributed by atoms with Crippen LogP contribution in [0.1, 0.15) is 16.9 Å². The molecule has 3 aromatic rings. The monoisotopic (exact) mass is 382 g/mol. The Morgan fingerprint density at radius 3 is 2.58 bits per heavy atom. The highest BCUT2D eigenvalue weighted by Gasteiger charge is 2.13. The first-order valence-electron chi connectivity index (χ1n) is 8.42. The molecule has 0 unspecified atom stereocenters. The summed E-state index contributed by atoms with van der Waals surface area (Å²) in [6, 6.07) is 20.7. The van der Waals surface area contributed by atoms with E-state index < -0.39 is 0 Å². The molecule has 0 saturated heterocycles. The molecule has 1 aromatic heterocycles. The second kappa shape index (κ2) is 8.92. The predicted molar refractivity (Wildman–Crippen MR) is 114 cm³/mol. The van der Waals surface area contributed by atoms with Crippen molar-refractivity contribution in [3.8, 4) is 0 Å². The van der Waals surface area contributed by atoms with Crippen molar-refractivity contribution in [2.45, 2.75) is 24.9 Å². The van der Waals surface area contributed by atoms with E-state index in [9.17, 15) is 0 Å². The minimum absolute atomic E-state index is 0.620. The van der Waals surface area contributed by atoms with Gasteiger partial charge >= 0.3 is 0 Å². The van der Waals surface area contributed by atoms with E-state index >= 15 is 0 Å². The number of thiocarbonyl (C=S) groups is 1. The molecule has 134 valence electrons. The van der Waals surface area contributed by atoms with E-state index in [-0.39, 0.29) is 0 Å². The maximum atomic E-state index is 5.70. The second-order valence-electron chi connectivity index (χ2n) is 6.08. The van der Waals surface area contributed by atoms with E-state index in [1.807, 2.05) is 24.3 Å². The van der Waals surface area contributed by atoms with Crippen molar-refractivity contribution in [3.05, 3.63) is 83.8 Å². The Morgan fingerprint density at radius 2 is 1.88 bits per heavy atom. The summed E-state index contributed by atoms with van der Waals surface area (Å²) in [7, 11) is 0. The lowest BCUT2D eigenvalue weighted by Crippen LogP contribution is -2.33. The molecule has 0 spiro atoms. The predicted octanol–water partition coefficient (Wildman–Crippen LogP) is 5.71. The smallest absolute Gasteiger partial charge is 0.174 e. The molecule has 0 saturated carbocycles. The van der Waals surface area contributed by atoms with E-state index in [2.05, 4.69) is 59.8 Å². The van der Waals surface area contributed by atoms with Crippen LogP contribution in [0.3, 0.4) is 0 Å². The molecule has 0 aliphatic carbocycles. The van der Waals surface area contributed by atoms with Crippen LogP contribution in [0.5, 0.6) is 0 Å². The molecule has 0 aliphatic rings. The van der Waals surface area contributed by atoms with Crippen molar-refractivity contribution in [1.29, 1.82) is 0 Å². The van der Waals surface area contributed by atoms with Crippen LogP contribution in [-0.2, 0) is 13.1 Å². The van der Waals surface area contributed by atoms with Crippen molar-refractivity contribution >= 4 is 34.8 Å². The van der Waals surface area contributed by atoms with E-state index in [1.165, 1.54) is 16.0 Å². The highest BCUT2D eigenvalue weighted by Crippen LogP contribution is 2.20. The standard InChI is InChI=1S/C21H22N2OS2/c1-16-8-10-17(11-9-16)14-23(15-19-6-4-12-24-19)21(25)22-18-5-3-7-20(13-18)26-2/h3-13H,14-15H2,1-2H3,(H,22,25). The van der Waals surface area contributed by atoms with Crippen LogP contribution in [0.4, 0.5) is 5.69 Å². The lowest BCUT2D eigenvalue weighted by atomic mass is 10.1. The SMILES string of the molecule is CSc1cccc(NC(=S)N(Cc2ccc(C)cc2)Cc2ccco2)c1. The minimum Gasteiger partial charge on any atom is -0.467 e. The third-order valence-corrected chi connectivity index (χ3v) is 5.11. The van der Waals surface area contributed by atoms with E-state index in [0.29, 0.717) is 11.7 Å². The maximum Gasteiger partial charge on any atom is 0.174 e. The maximum absolute atomic E-state index is 5.70. The van der Waals surface area contributed by atoms with Crippen molar-refractivity contribution < 1.29 is 4.42 Å². The van der Waals surface area contributed by atoms with Gasteiger partial charge in [0.2, 0.25) is 0 Å². The van der Waals surface area contributed by atoms with Crippen molar-refractivity contribution in [3.63, 3.8) is 0 Å². The normalized spacial score (nSPS) is 10.5. The van der Waals surface area contributed by atoms with Gasteiger partial charge in [0.25, 0.3) is 0 Å². The Labute approximate surface area is 164 Å². The van der Waals surface area contributed by atoms with E-state index in [4.69, 9.17) is 16.6 Å². The van der Waals surface area contributed by atoms with Crippen LogP contribution in [0.15, 0.2) is 76.2 Å². The van der Waals surface area contributed by atoms with Crippen LogP contribution < -0.4 is 5.32 Å². The van der Waals surface area contributed by atoms with Crippen molar-refractivity contribution in [1.82, 2.24) is 4.90 Å². The first-order valence-corrected chi connectivity index (χ1v) is 10.1. The van der Waals surface area contributed by atoms with E-state index in [1.54, 1.807) is 18.0 Å². The number of hydrogen-bond donors (Lipinski definition) is 1. The molecule has 3 nitrogen and oxygen atoms in total. The summed E-state index contributed by atoms with van der Waals surface area (Å²) >= 11 is 7.42. The minimum atomic E-state index is 0.620. The number of aryl methyl sites for hydroxylation is 1. The van der Waals surface area contributed by atoms with Crippen LogP contribution in [0.25, 0.3) is 0 Å². The molecule has 5 heteroatoms. The third-order valence-electron chi connectivity index (χ3n) is 4.03. The Balaban J connectivity index is 1.76. The first-order chi connectivity index (χ1) is 12.6. The quantitative estimate of drug-likeness (QED) is 0.435. The highest BCUT2D eigenvalue weighted by atomic mass is 32.2. The molecule has 1 heterocycles. The molecule has 1 N–H and O–H groups in total. The van der Waals surface area contributed by atoms with Gasteiger partial charge in [0.05, 0.1) is 12.8 Å². The molecule has 0 atom stereocenters. The van der Waals surface area contributed by atoms with Gasteiger partial charge in [0, 0.05) is 17.1 Å². The zero-order chi connectivity index (χ0) is 18.4. The topological polar surface area (TPSA) is 28.4 Å². The Bertz CT molecular complexity index is 845. The van der Waals surface area contributed by atoms with Crippen LogP contribution >= 0.6 is 24.0 Å². The summed E-state index contributed by atoms with van der Waals surface area (Å²) in [5, 5.41) is 4.04. The molecular formula is C21H22N2OS2. The molecule has 0 radical (unpaired) electrons. The highest BCUT2D eigenvalue weighted by molar-refractivity contribution is 7.98. The summed E-state index contributed by atoms with van der Waals surface area (Å²) in [5.74, 6) is 0.888. The fourth-order valence-corrected chi connectivity index (χ4v) is 3.31. The van der Waals surface area contributed by atoms with Gasteiger partial charge in [0.1, 0.15) is 5.76 Å². The molecule has 26 heavy (non-hydrogen) atoms. The van der Waals surface area contributed by atoms with Gasteiger partial charge in [-0.3, -0.25) is 0 Å².